The number of aromatic nitrogens is 2. The number of aryl methyl sites for hydroxylation is 1. The number of anilines is 1. The molecule has 4 rings (SSSR count). The number of fused-ring (bicyclic) bond motifs is 1. The van der Waals surface area contributed by atoms with Crippen LogP contribution in [0.5, 0.6) is 0 Å². The Morgan fingerprint density at radius 1 is 1.11 bits per heavy atom. The molecule has 1 aliphatic rings. The van der Waals surface area contributed by atoms with Crippen molar-refractivity contribution in [2.45, 2.75) is 11.8 Å². The van der Waals surface area contributed by atoms with Gasteiger partial charge in [-0.05, 0) is 30.7 Å². The molecule has 1 fully saturated rings. The fourth-order valence-electron chi connectivity index (χ4n) is 3.37. The molecule has 9 nitrogen and oxygen atoms in total. The van der Waals surface area contributed by atoms with Gasteiger partial charge in [-0.2, -0.15) is 4.31 Å². The number of imidazole rings is 1. The van der Waals surface area contributed by atoms with Crippen molar-refractivity contribution in [3.8, 4) is 0 Å². The molecule has 0 bridgehead atoms. The number of hydrogen-bond acceptors (Lipinski definition) is 6. The molecule has 0 saturated carbocycles. The van der Waals surface area contributed by atoms with E-state index < -0.39 is 20.6 Å². The Morgan fingerprint density at radius 3 is 2.54 bits per heavy atom. The van der Waals surface area contributed by atoms with Crippen molar-refractivity contribution in [3.05, 3.63) is 58.1 Å². The molecular formula is C18H19N5O4S. The van der Waals surface area contributed by atoms with Gasteiger partial charge >= 0.3 is 0 Å². The number of hydrogen-bond donors (Lipinski definition) is 1. The van der Waals surface area contributed by atoms with E-state index in [0.29, 0.717) is 19.0 Å². The van der Waals surface area contributed by atoms with Crippen molar-refractivity contribution in [2.75, 3.05) is 31.1 Å². The summed E-state index contributed by atoms with van der Waals surface area (Å²) in [7, 11) is -3.94. The van der Waals surface area contributed by atoms with Gasteiger partial charge in [-0.15, -0.1) is 0 Å². The second-order valence-electron chi connectivity index (χ2n) is 6.70. The van der Waals surface area contributed by atoms with Gasteiger partial charge in [0, 0.05) is 32.2 Å². The molecule has 1 N–H and O–H groups in total. The van der Waals surface area contributed by atoms with E-state index in [-0.39, 0.29) is 18.0 Å². The number of H-pyrrole nitrogens is 1. The summed E-state index contributed by atoms with van der Waals surface area (Å²) in [5, 5.41) is 11.2. The Hall–Kier alpha value is -2.98. The highest BCUT2D eigenvalue weighted by molar-refractivity contribution is 7.89. The molecule has 2 heterocycles. The van der Waals surface area contributed by atoms with E-state index in [1.165, 1.54) is 28.6 Å². The summed E-state index contributed by atoms with van der Waals surface area (Å²) < 4.78 is 27.1. The first kappa shape index (κ1) is 18.4. The van der Waals surface area contributed by atoms with Gasteiger partial charge in [0.1, 0.15) is 0 Å². The van der Waals surface area contributed by atoms with E-state index in [9.17, 15) is 18.5 Å². The molecule has 146 valence electrons. The highest BCUT2D eigenvalue weighted by Gasteiger charge is 2.33. The van der Waals surface area contributed by atoms with Crippen molar-refractivity contribution >= 4 is 32.7 Å². The summed E-state index contributed by atoms with van der Waals surface area (Å²) in [5.74, 6) is 0.698. The topological polar surface area (TPSA) is 112 Å². The second kappa shape index (κ2) is 6.88. The first-order chi connectivity index (χ1) is 13.4. The van der Waals surface area contributed by atoms with Crippen LogP contribution in [0.2, 0.25) is 0 Å². The lowest BCUT2D eigenvalue weighted by Gasteiger charge is -2.33. The van der Waals surface area contributed by atoms with Gasteiger partial charge in [-0.3, -0.25) is 10.1 Å². The molecule has 2 aromatic carbocycles. The van der Waals surface area contributed by atoms with Gasteiger partial charge in [-0.25, -0.2) is 13.4 Å². The minimum Gasteiger partial charge on any atom is -0.340 e. The highest BCUT2D eigenvalue weighted by Crippen LogP contribution is 2.27. The molecule has 3 aromatic rings. The Morgan fingerprint density at radius 2 is 1.82 bits per heavy atom. The summed E-state index contributed by atoms with van der Waals surface area (Å²) >= 11 is 0. The quantitative estimate of drug-likeness (QED) is 0.530. The predicted molar refractivity (Wildman–Crippen MR) is 105 cm³/mol. The van der Waals surface area contributed by atoms with Gasteiger partial charge in [-0.1, -0.05) is 18.2 Å². The van der Waals surface area contributed by atoms with Crippen molar-refractivity contribution in [3.63, 3.8) is 0 Å². The molecule has 0 spiro atoms. The van der Waals surface area contributed by atoms with Crippen LogP contribution in [-0.4, -0.2) is 53.8 Å². The van der Waals surface area contributed by atoms with Gasteiger partial charge in [0.25, 0.3) is 5.69 Å². The van der Waals surface area contributed by atoms with E-state index >= 15 is 0 Å². The number of rotatable bonds is 4. The summed E-state index contributed by atoms with van der Waals surface area (Å²) in [4.78, 5) is 20.1. The van der Waals surface area contributed by atoms with Gasteiger partial charge in [0.05, 0.1) is 16.0 Å². The van der Waals surface area contributed by atoms with Crippen LogP contribution in [-0.2, 0) is 10.0 Å². The van der Waals surface area contributed by atoms with E-state index in [2.05, 4.69) is 9.97 Å². The van der Waals surface area contributed by atoms with Crippen LogP contribution >= 0.6 is 0 Å². The SMILES string of the molecule is Cc1ccc2nc(N3CCN(S(=O)(=O)c4ccccc4[N+](=O)[O-])CC3)[nH]c2c1. The Balaban J connectivity index is 1.54. The minimum absolute atomic E-state index is 0.227. The molecule has 10 heteroatoms. The average Bonchev–Trinajstić information content (AvgIpc) is 3.11. The smallest absolute Gasteiger partial charge is 0.289 e. The fraction of sp³-hybridized carbons (Fsp3) is 0.278. The summed E-state index contributed by atoms with van der Waals surface area (Å²) in [6.07, 6.45) is 0. The molecule has 1 saturated heterocycles. The van der Waals surface area contributed by atoms with Gasteiger partial charge in [0.2, 0.25) is 16.0 Å². The molecule has 1 aliphatic heterocycles. The highest BCUT2D eigenvalue weighted by atomic mass is 32.2. The minimum atomic E-state index is -3.94. The van der Waals surface area contributed by atoms with Gasteiger partial charge in [0.15, 0.2) is 4.90 Å². The standard InChI is InChI=1S/C18H19N5O4S/c1-13-6-7-14-15(12-13)20-18(19-14)21-8-10-22(11-9-21)28(26,27)17-5-3-2-4-16(17)23(24)25/h2-7,12H,8-11H2,1H3,(H,19,20). The van der Waals surface area contributed by atoms with E-state index in [4.69, 9.17) is 0 Å². The number of sulfonamides is 1. The molecule has 0 unspecified atom stereocenters. The maximum absolute atomic E-state index is 12.9. The zero-order chi connectivity index (χ0) is 19.9. The van der Waals surface area contributed by atoms with Crippen LogP contribution in [0.4, 0.5) is 11.6 Å². The molecular weight excluding hydrogens is 382 g/mol. The van der Waals surface area contributed by atoms with Crippen molar-refractivity contribution in [1.82, 2.24) is 14.3 Å². The lowest BCUT2D eigenvalue weighted by Crippen LogP contribution is -2.49. The Kier molecular flexibility index (Phi) is 4.52. The third-order valence-corrected chi connectivity index (χ3v) is 6.79. The second-order valence-corrected chi connectivity index (χ2v) is 8.60. The third-order valence-electron chi connectivity index (χ3n) is 4.84. The number of benzene rings is 2. The van der Waals surface area contributed by atoms with E-state index in [1.807, 2.05) is 30.0 Å². The molecule has 1 aromatic heterocycles. The number of nitrogens with zero attached hydrogens (tertiary/aromatic N) is 4. The number of nitrogens with one attached hydrogen (secondary N) is 1. The number of para-hydroxylation sites is 1. The molecule has 28 heavy (non-hydrogen) atoms. The number of aromatic amines is 1. The maximum Gasteiger partial charge on any atom is 0.289 e. The van der Waals surface area contributed by atoms with Crippen LogP contribution in [0, 0.1) is 17.0 Å². The summed E-state index contributed by atoms with van der Waals surface area (Å²) in [5.41, 5.74) is 2.51. The predicted octanol–water partition coefficient (Wildman–Crippen LogP) is 2.29. The zero-order valence-corrected chi connectivity index (χ0v) is 16.0. The lowest BCUT2D eigenvalue weighted by molar-refractivity contribution is -0.387. The van der Waals surface area contributed by atoms with Crippen LogP contribution < -0.4 is 4.90 Å². The average molecular weight is 401 g/mol. The molecule has 0 aliphatic carbocycles. The normalized spacial score (nSPS) is 15.8. The Labute approximate surface area is 161 Å². The van der Waals surface area contributed by atoms with E-state index in [1.54, 1.807) is 0 Å². The monoisotopic (exact) mass is 401 g/mol. The fourth-order valence-corrected chi connectivity index (χ4v) is 4.94. The number of piperazine rings is 1. The molecule has 0 radical (unpaired) electrons. The van der Waals surface area contributed by atoms with Crippen molar-refractivity contribution < 1.29 is 13.3 Å². The van der Waals surface area contributed by atoms with Crippen LogP contribution in [0.15, 0.2) is 47.4 Å². The lowest BCUT2D eigenvalue weighted by atomic mass is 10.2. The largest absolute Gasteiger partial charge is 0.340 e. The van der Waals surface area contributed by atoms with Gasteiger partial charge < -0.3 is 9.88 Å². The van der Waals surface area contributed by atoms with Crippen LogP contribution in [0.3, 0.4) is 0 Å². The van der Waals surface area contributed by atoms with Crippen LogP contribution in [0.1, 0.15) is 5.56 Å². The first-order valence-electron chi connectivity index (χ1n) is 8.81. The maximum atomic E-state index is 12.9. The van der Waals surface area contributed by atoms with Crippen molar-refractivity contribution in [2.24, 2.45) is 0 Å². The molecule has 0 atom stereocenters. The number of nitro benzene ring substituents is 1. The van der Waals surface area contributed by atoms with E-state index in [0.717, 1.165) is 16.6 Å². The molecule has 0 amide bonds. The number of nitro groups is 1. The third kappa shape index (κ3) is 3.20. The Bertz CT molecular complexity index is 1150. The van der Waals surface area contributed by atoms with Crippen LogP contribution in [0.25, 0.3) is 11.0 Å². The zero-order valence-electron chi connectivity index (χ0n) is 15.2. The van der Waals surface area contributed by atoms with Crippen molar-refractivity contribution in [1.29, 1.82) is 0 Å². The summed E-state index contributed by atoms with van der Waals surface area (Å²) in [6, 6.07) is 11.4. The summed E-state index contributed by atoms with van der Waals surface area (Å²) in [6.45, 7) is 3.35. The first-order valence-corrected chi connectivity index (χ1v) is 10.2.